The molecule has 5 fully saturated rings. The maximum atomic E-state index is 12.9. The molecule has 5 aliphatic rings. The number of ether oxygens (including phenoxy) is 6. The Hall–Kier alpha value is -0.900. The van der Waals surface area contributed by atoms with E-state index >= 15 is 0 Å². The quantitative estimate of drug-likeness (QED) is 0.215. The molecule has 17 unspecified atom stereocenters. The first-order valence-electron chi connectivity index (χ1n) is 19.7. The average Bonchev–Trinajstić information content (AvgIpc) is 3.79. The van der Waals surface area contributed by atoms with Crippen LogP contribution in [-0.4, -0.2) is 106 Å². The van der Waals surface area contributed by atoms with E-state index in [2.05, 4.69) is 20.8 Å². The summed E-state index contributed by atoms with van der Waals surface area (Å²) >= 11 is 0. The van der Waals surface area contributed by atoms with Crippen molar-refractivity contribution in [3.8, 4) is 0 Å². The van der Waals surface area contributed by atoms with Crippen LogP contribution >= 0.6 is 0 Å². The Balaban J connectivity index is 1.27. The van der Waals surface area contributed by atoms with Crippen molar-refractivity contribution in [1.82, 2.24) is 0 Å². The molecule has 302 valence electrons. The van der Waals surface area contributed by atoms with Crippen LogP contribution in [0.2, 0.25) is 0 Å². The van der Waals surface area contributed by atoms with Crippen molar-refractivity contribution in [1.29, 1.82) is 0 Å². The fourth-order valence-corrected chi connectivity index (χ4v) is 10.4. The highest BCUT2D eigenvalue weighted by Crippen LogP contribution is 2.55. The number of rotatable bonds is 12. The zero-order valence-electron chi connectivity index (χ0n) is 32.6. The summed E-state index contributed by atoms with van der Waals surface area (Å²) in [5.74, 6) is -4.65. The summed E-state index contributed by atoms with van der Waals surface area (Å²) in [6.07, 6.45) is -4.19. The van der Waals surface area contributed by atoms with Crippen LogP contribution < -0.4 is 0 Å². The molecule has 52 heavy (non-hydrogen) atoms. The summed E-state index contributed by atoms with van der Waals surface area (Å²) < 4.78 is 78.1. The number of Topliss-reactive ketones (excluding diaryl/α,β-unsaturated/α-hetero) is 1. The van der Waals surface area contributed by atoms with Gasteiger partial charge in [0, 0.05) is 50.0 Å². The van der Waals surface area contributed by atoms with Gasteiger partial charge >= 0.3 is 6.18 Å². The van der Waals surface area contributed by atoms with Crippen LogP contribution in [0.3, 0.4) is 0 Å². The molecular weight excluding hydrogens is 685 g/mol. The summed E-state index contributed by atoms with van der Waals surface area (Å²) in [5, 5.41) is 32.3. The Morgan fingerprint density at radius 1 is 1.02 bits per heavy atom. The monoisotopic (exact) mass is 750 g/mol. The molecule has 0 aromatic carbocycles. The molecular formula is C39H65F3O10. The van der Waals surface area contributed by atoms with Gasteiger partial charge in [-0.05, 0) is 57.3 Å². The van der Waals surface area contributed by atoms with Gasteiger partial charge in [0.05, 0.1) is 67.0 Å². The molecule has 0 aliphatic carbocycles. The molecule has 1 spiro atoms. The number of alkyl halides is 3. The van der Waals surface area contributed by atoms with E-state index in [0.29, 0.717) is 12.8 Å². The third kappa shape index (κ3) is 8.14. The van der Waals surface area contributed by atoms with Crippen molar-refractivity contribution in [2.75, 3.05) is 13.7 Å². The molecule has 5 heterocycles. The molecule has 0 aromatic rings. The van der Waals surface area contributed by atoms with Gasteiger partial charge in [0.25, 0.3) is 0 Å². The second-order valence-electron chi connectivity index (χ2n) is 17.5. The molecule has 5 rings (SSSR count). The second-order valence-corrected chi connectivity index (χ2v) is 17.5. The van der Waals surface area contributed by atoms with E-state index in [0.717, 1.165) is 32.1 Å². The number of carbonyl (C=O) groups is 1. The minimum Gasteiger partial charge on any atom is -0.393 e. The Kier molecular flexibility index (Phi) is 12.6. The van der Waals surface area contributed by atoms with Crippen LogP contribution in [0.15, 0.2) is 0 Å². The predicted octanol–water partition coefficient (Wildman–Crippen LogP) is 6.10. The van der Waals surface area contributed by atoms with Gasteiger partial charge in [0.15, 0.2) is 11.6 Å². The van der Waals surface area contributed by atoms with Crippen LogP contribution in [0.25, 0.3) is 0 Å². The largest absolute Gasteiger partial charge is 0.393 e. The highest BCUT2D eigenvalue weighted by molar-refractivity contribution is 5.81. The number of carbonyl (C=O) groups excluding carboxylic acids is 1. The molecule has 0 bridgehead atoms. The van der Waals surface area contributed by atoms with Gasteiger partial charge in [-0.15, -0.1) is 0 Å². The molecule has 5 saturated heterocycles. The van der Waals surface area contributed by atoms with Gasteiger partial charge in [-0.25, -0.2) is 0 Å². The molecule has 0 amide bonds. The van der Waals surface area contributed by atoms with E-state index in [1.807, 2.05) is 27.7 Å². The minimum atomic E-state index is -4.42. The number of aliphatic hydroxyl groups is 3. The third-order valence-electron chi connectivity index (χ3n) is 13.8. The van der Waals surface area contributed by atoms with Gasteiger partial charge < -0.3 is 43.7 Å². The number of ketones is 1. The predicted molar refractivity (Wildman–Crippen MR) is 185 cm³/mol. The lowest BCUT2D eigenvalue weighted by Crippen LogP contribution is -2.57. The summed E-state index contributed by atoms with van der Waals surface area (Å²) in [6.45, 7) is 15.2. The zero-order chi connectivity index (χ0) is 38.6. The van der Waals surface area contributed by atoms with Gasteiger partial charge in [-0.2, -0.15) is 13.2 Å². The Morgan fingerprint density at radius 2 is 1.71 bits per heavy atom. The summed E-state index contributed by atoms with van der Waals surface area (Å²) in [5.41, 5.74) is -1.28. The number of aliphatic hydroxyl groups excluding tert-OH is 2. The van der Waals surface area contributed by atoms with Crippen molar-refractivity contribution in [2.45, 2.75) is 191 Å². The van der Waals surface area contributed by atoms with Crippen molar-refractivity contribution in [3.63, 3.8) is 0 Å². The van der Waals surface area contributed by atoms with Crippen molar-refractivity contribution in [3.05, 3.63) is 0 Å². The summed E-state index contributed by atoms with van der Waals surface area (Å²) in [6, 6.07) is 0. The Morgan fingerprint density at radius 3 is 2.33 bits per heavy atom. The molecule has 13 heteroatoms. The Labute approximate surface area is 307 Å². The standard InChI is InChI=1S/C39H65F3O10/c1-10-36(34-22(3)18-29(48-34)31-21(2)17-23(4)38(46,20-43)51-31)13-12-30(49-36)35(8)15-16-37(52-35)19-28(45)25(6)33(50-37)26(7)32(47-9)24(5)27(44)11-14-39(40,41)42/h21-26,28-34,43,45-46H,10-20H2,1-9H3. The fraction of sp³-hybridized carbons (Fsp3) is 0.974. The molecule has 17 atom stereocenters. The summed E-state index contributed by atoms with van der Waals surface area (Å²) in [7, 11) is 1.45. The van der Waals surface area contributed by atoms with Gasteiger partial charge in [-0.1, -0.05) is 48.5 Å². The van der Waals surface area contributed by atoms with Crippen LogP contribution in [-0.2, 0) is 33.2 Å². The lowest BCUT2D eigenvalue weighted by Gasteiger charge is -2.49. The van der Waals surface area contributed by atoms with Gasteiger partial charge in [0.2, 0.25) is 0 Å². The maximum absolute atomic E-state index is 12.9. The van der Waals surface area contributed by atoms with E-state index in [9.17, 15) is 33.3 Å². The van der Waals surface area contributed by atoms with E-state index in [1.54, 1.807) is 6.92 Å². The highest BCUT2D eigenvalue weighted by Gasteiger charge is 2.62. The van der Waals surface area contributed by atoms with Crippen molar-refractivity contribution in [2.24, 2.45) is 35.5 Å². The summed E-state index contributed by atoms with van der Waals surface area (Å²) in [4.78, 5) is 12.8. The first-order chi connectivity index (χ1) is 24.2. The molecule has 0 saturated carbocycles. The second kappa shape index (κ2) is 15.6. The molecule has 5 aliphatic heterocycles. The lowest BCUT2D eigenvalue weighted by atomic mass is 9.77. The van der Waals surface area contributed by atoms with Gasteiger partial charge in [-0.3, -0.25) is 4.79 Å². The highest BCUT2D eigenvalue weighted by atomic mass is 19.4. The normalized spacial score (nSPS) is 47.5. The Bertz CT molecular complexity index is 1240. The number of hydrogen-bond acceptors (Lipinski definition) is 10. The fourth-order valence-electron chi connectivity index (χ4n) is 10.4. The third-order valence-corrected chi connectivity index (χ3v) is 13.8. The number of hydrogen-bond donors (Lipinski definition) is 3. The first kappa shape index (κ1) is 42.2. The molecule has 0 radical (unpaired) electrons. The average molecular weight is 751 g/mol. The molecule has 3 N–H and O–H groups in total. The smallest absolute Gasteiger partial charge is 0.389 e. The zero-order valence-corrected chi connectivity index (χ0v) is 32.6. The van der Waals surface area contributed by atoms with Crippen LogP contribution in [0.1, 0.15) is 120 Å². The van der Waals surface area contributed by atoms with E-state index in [4.69, 9.17) is 28.4 Å². The van der Waals surface area contributed by atoms with E-state index in [1.165, 1.54) is 7.11 Å². The SMILES string of the molecule is CCC1(C2OC(C3OC(O)(CO)C(C)CC3C)CC2C)CCC(C2(C)CCC3(CC(O)C(C)C(C(C)C(OC)C(C)C(=O)CCC(F)(F)F)O3)O2)O1. The first-order valence-corrected chi connectivity index (χ1v) is 19.7. The molecule has 0 aromatic heterocycles. The lowest BCUT2D eigenvalue weighted by molar-refractivity contribution is -0.336. The van der Waals surface area contributed by atoms with Crippen LogP contribution in [0.4, 0.5) is 13.2 Å². The topological polar surface area (TPSA) is 133 Å². The van der Waals surface area contributed by atoms with E-state index < -0.39 is 84.3 Å². The van der Waals surface area contributed by atoms with E-state index in [-0.39, 0.29) is 54.5 Å². The number of halogens is 3. The number of methoxy groups -OCH3 is 1. The van der Waals surface area contributed by atoms with Crippen molar-refractivity contribution >= 4 is 5.78 Å². The van der Waals surface area contributed by atoms with Crippen LogP contribution in [0, 0.1) is 35.5 Å². The minimum absolute atomic E-state index is 0.145. The maximum Gasteiger partial charge on any atom is 0.389 e. The van der Waals surface area contributed by atoms with Crippen LogP contribution in [0.5, 0.6) is 0 Å². The van der Waals surface area contributed by atoms with Crippen molar-refractivity contribution < 1.29 is 61.7 Å². The molecule has 10 nitrogen and oxygen atoms in total. The van der Waals surface area contributed by atoms with Gasteiger partial charge in [0.1, 0.15) is 5.78 Å².